The summed E-state index contributed by atoms with van der Waals surface area (Å²) in [5.41, 5.74) is 7.73. The molecule has 2 N–H and O–H groups in total. The molecule has 0 aliphatic carbocycles. The van der Waals surface area contributed by atoms with Crippen molar-refractivity contribution in [1.82, 2.24) is 4.31 Å². The van der Waals surface area contributed by atoms with Gasteiger partial charge in [-0.25, -0.2) is 12.7 Å². The molecule has 0 fully saturated rings. The minimum Gasteiger partial charge on any atom is -0.472 e. The summed E-state index contributed by atoms with van der Waals surface area (Å²) in [6.07, 6.45) is 3.06. The maximum atomic E-state index is 12.2. The van der Waals surface area contributed by atoms with Crippen molar-refractivity contribution in [3.8, 4) is 0 Å². The lowest BCUT2D eigenvalue weighted by atomic mass is 10.2. The van der Waals surface area contributed by atoms with Crippen molar-refractivity contribution in [3.05, 3.63) is 54.0 Å². The van der Waals surface area contributed by atoms with Crippen molar-refractivity contribution in [1.29, 1.82) is 0 Å². The van der Waals surface area contributed by atoms with Crippen molar-refractivity contribution in [3.63, 3.8) is 0 Å². The Balaban J connectivity index is 2.07. The fourth-order valence-corrected chi connectivity index (χ4v) is 2.85. The number of rotatable bonds is 5. The molecule has 0 unspecified atom stereocenters. The van der Waals surface area contributed by atoms with Crippen molar-refractivity contribution >= 4 is 15.7 Å². The topological polar surface area (TPSA) is 76.5 Å². The predicted octanol–water partition coefficient (Wildman–Crippen LogP) is 1.82. The third-order valence-electron chi connectivity index (χ3n) is 2.79. The van der Waals surface area contributed by atoms with Crippen LogP contribution in [0.3, 0.4) is 0 Å². The zero-order valence-electron chi connectivity index (χ0n) is 10.6. The Kier molecular flexibility index (Phi) is 3.92. The van der Waals surface area contributed by atoms with Crippen LogP contribution in [0.25, 0.3) is 0 Å². The van der Waals surface area contributed by atoms with Gasteiger partial charge in [-0.1, -0.05) is 12.1 Å². The first-order chi connectivity index (χ1) is 8.97. The Hall–Kier alpha value is -1.79. The monoisotopic (exact) mass is 280 g/mol. The molecule has 5 nitrogen and oxygen atoms in total. The first kappa shape index (κ1) is 13.6. The van der Waals surface area contributed by atoms with Gasteiger partial charge in [-0.2, -0.15) is 0 Å². The smallest absolute Gasteiger partial charge is 0.218 e. The van der Waals surface area contributed by atoms with E-state index in [9.17, 15) is 8.42 Å². The highest BCUT2D eigenvalue weighted by Crippen LogP contribution is 2.14. The molecule has 1 heterocycles. The Morgan fingerprint density at radius 3 is 2.42 bits per heavy atom. The number of hydrogen-bond donors (Lipinski definition) is 1. The molecular weight excluding hydrogens is 264 g/mol. The summed E-state index contributed by atoms with van der Waals surface area (Å²) in [6, 6.07) is 8.58. The zero-order chi connectivity index (χ0) is 13.9. The number of nitrogens with zero attached hydrogens (tertiary/aromatic N) is 1. The first-order valence-electron chi connectivity index (χ1n) is 5.77. The van der Waals surface area contributed by atoms with Crippen LogP contribution < -0.4 is 5.73 Å². The van der Waals surface area contributed by atoms with Crippen LogP contribution in [0.4, 0.5) is 5.69 Å². The van der Waals surface area contributed by atoms with Gasteiger partial charge >= 0.3 is 0 Å². The van der Waals surface area contributed by atoms with Gasteiger partial charge < -0.3 is 10.2 Å². The average molecular weight is 280 g/mol. The summed E-state index contributed by atoms with van der Waals surface area (Å²) >= 11 is 0. The molecule has 0 amide bonds. The van der Waals surface area contributed by atoms with Gasteiger partial charge in [-0.15, -0.1) is 0 Å². The number of hydrogen-bond acceptors (Lipinski definition) is 4. The highest BCUT2D eigenvalue weighted by atomic mass is 32.2. The zero-order valence-corrected chi connectivity index (χ0v) is 11.4. The summed E-state index contributed by atoms with van der Waals surface area (Å²) in [7, 11) is -1.80. The molecule has 6 heteroatoms. The minimum atomic E-state index is -3.35. The van der Waals surface area contributed by atoms with Crippen LogP contribution >= 0.6 is 0 Å². The van der Waals surface area contributed by atoms with Crippen LogP contribution in [0, 0.1) is 0 Å². The minimum absolute atomic E-state index is 0.0400. The van der Waals surface area contributed by atoms with E-state index in [2.05, 4.69) is 0 Å². The van der Waals surface area contributed by atoms with E-state index in [-0.39, 0.29) is 5.75 Å². The van der Waals surface area contributed by atoms with Gasteiger partial charge in [0.15, 0.2) is 0 Å². The predicted molar refractivity (Wildman–Crippen MR) is 73.7 cm³/mol. The third-order valence-corrected chi connectivity index (χ3v) is 4.57. The molecular formula is C13H16N2O3S. The summed E-state index contributed by atoms with van der Waals surface area (Å²) in [5.74, 6) is -0.0400. The van der Waals surface area contributed by atoms with Gasteiger partial charge in [0, 0.05) is 24.8 Å². The van der Waals surface area contributed by atoms with Crippen LogP contribution in [-0.2, 0) is 22.3 Å². The van der Waals surface area contributed by atoms with Gasteiger partial charge in [0.1, 0.15) is 0 Å². The third kappa shape index (κ3) is 3.59. The largest absolute Gasteiger partial charge is 0.472 e. The second-order valence-corrected chi connectivity index (χ2v) is 6.46. The number of anilines is 1. The molecule has 102 valence electrons. The number of furan rings is 1. The molecule has 0 saturated heterocycles. The van der Waals surface area contributed by atoms with Crippen LogP contribution in [0.15, 0.2) is 47.3 Å². The molecule has 1 aromatic heterocycles. The van der Waals surface area contributed by atoms with Crippen molar-refractivity contribution in [2.45, 2.75) is 12.3 Å². The first-order valence-corrected chi connectivity index (χ1v) is 7.38. The highest BCUT2D eigenvalue weighted by molar-refractivity contribution is 7.88. The van der Waals surface area contributed by atoms with E-state index in [4.69, 9.17) is 10.2 Å². The van der Waals surface area contributed by atoms with Gasteiger partial charge in [-0.05, 0) is 23.8 Å². The van der Waals surface area contributed by atoms with Gasteiger partial charge in [0.05, 0.1) is 18.3 Å². The van der Waals surface area contributed by atoms with E-state index in [1.807, 2.05) is 0 Å². The summed E-state index contributed by atoms with van der Waals surface area (Å²) in [4.78, 5) is 0. The number of nitrogens with two attached hydrogens (primary N) is 1. The standard InChI is InChI=1S/C13H16N2O3S/c1-15(8-12-6-7-18-9-12)19(16,17)10-11-2-4-13(14)5-3-11/h2-7,9H,8,10,14H2,1H3. The van der Waals surface area contributed by atoms with Crippen molar-refractivity contribution in [2.75, 3.05) is 12.8 Å². The van der Waals surface area contributed by atoms with Crippen molar-refractivity contribution in [2.24, 2.45) is 0 Å². The van der Waals surface area contributed by atoms with E-state index in [0.717, 1.165) is 5.56 Å². The second kappa shape index (κ2) is 5.46. The van der Waals surface area contributed by atoms with Crippen LogP contribution in [-0.4, -0.2) is 19.8 Å². The van der Waals surface area contributed by atoms with Crippen LogP contribution in [0.2, 0.25) is 0 Å². The lowest BCUT2D eigenvalue weighted by Gasteiger charge is -2.16. The van der Waals surface area contributed by atoms with Gasteiger partial charge in [0.2, 0.25) is 10.0 Å². The van der Waals surface area contributed by atoms with E-state index in [1.54, 1.807) is 37.4 Å². The van der Waals surface area contributed by atoms with E-state index < -0.39 is 10.0 Å². The molecule has 19 heavy (non-hydrogen) atoms. The Morgan fingerprint density at radius 2 is 1.84 bits per heavy atom. The molecule has 2 rings (SSSR count). The van der Waals surface area contributed by atoms with Crippen LogP contribution in [0.1, 0.15) is 11.1 Å². The summed E-state index contributed by atoms with van der Waals surface area (Å²) < 4.78 is 30.6. The Morgan fingerprint density at radius 1 is 1.16 bits per heavy atom. The van der Waals surface area contributed by atoms with E-state index in [0.29, 0.717) is 17.8 Å². The molecule has 0 bridgehead atoms. The van der Waals surface area contributed by atoms with E-state index >= 15 is 0 Å². The molecule has 2 aromatic rings. The van der Waals surface area contributed by atoms with Crippen molar-refractivity contribution < 1.29 is 12.8 Å². The Labute approximate surface area is 112 Å². The molecule has 0 aliphatic heterocycles. The summed E-state index contributed by atoms with van der Waals surface area (Å²) in [5, 5.41) is 0. The molecule has 0 spiro atoms. The van der Waals surface area contributed by atoms with Crippen LogP contribution in [0.5, 0.6) is 0 Å². The molecule has 0 aliphatic rings. The number of benzene rings is 1. The van der Waals surface area contributed by atoms with E-state index in [1.165, 1.54) is 16.8 Å². The summed E-state index contributed by atoms with van der Waals surface area (Å²) in [6.45, 7) is 0.299. The quantitative estimate of drug-likeness (QED) is 0.848. The number of sulfonamides is 1. The molecule has 0 atom stereocenters. The molecule has 0 saturated carbocycles. The normalized spacial score (nSPS) is 11.9. The second-order valence-electron chi connectivity index (χ2n) is 4.39. The van der Waals surface area contributed by atoms with Gasteiger partial charge in [0.25, 0.3) is 0 Å². The molecule has 1 aromatic carbocycles. The lowest BCUT2D eigenvalue weighted by Crippen LogP contribution is -2.27. The van der Waals surface area contributed by atoms with Gasteiger partial charge in [-0.3, -0.25) is 0 Å². The number of nitrogen functional groups attached to an aromatic ring is 1. The SMILES string of the molecule is CN(Cc1ccoc1)S(=O)(=O)Cc1ccc(N)cc1. The maximum Gasteiger partial charge on any atom is 0.218 e. The molecule has 0 radical (unpaired) electrons. The fraction of sp³-hybridized carbons (Fsp3) is 0.231. The fourth-order valence-electron chi connectivity index (χ4n) is 1.67. The highest BCUT2D eigenvalue weighted by Gasteiger charge is 2.19. The average Bonchev–Trinajstić information content (AvgIpc) is 2.84. The lowest BCUT2D eigenvalue weighted by molar-refractivity contribution is 0.462. The maximum absolute atomic E-state index is 12.2. The Bertz CT molecular complexity index is 618.